The van der Waals surface area contributed by atoms with Gasteiger partial charge in [-0.05, 0) is 31.0 Å². The second-order valence-electron chi connectivity index (χ2n) is 6.17. The summed E-state index contributed by atoms with van der Waals surface area (Å²) in [6.45, 7) is 4.39. The zero-order chi connectivity index (χ0) is 14.4. The van der Waals surface area contributed by atoms with Crippen LogP contribution in [0.25, 0.3) is 0 Å². The van der Waals surface area contributed by atoms with Gasteiger partial charge < -0.3 is 9.84 Å². The van der Waals surface area contributed by atoms with Crippen LogP contribution in [0.3, 0.4) is 0 Å². The molecule has 1 fully saturated rings. The highest BCUT2D eigenvalue weighted by Crippen LogP contribution is 2.48. The average molecular weight is 276 g/mol. The van der Waals surface area contributed by atoms with E-state index in [1.807, 2.05) is 18.2 Å². The first-order chi connectivity index (χ1) is 9.66. The van der Waals surface area contributed by atoms with Crippen LogP contribution < -0.4 is 0 Å². The molecule has 0 bridgehead atoms. The van der Waals surface area contributed by atoms with Gasteiger partial charge in [-0.2, -0.15) is 0 Å². The number of benzene rings is 1. The molecule has 20 heavy (non-hydrogen) atoms. The van der Waals surface area contributed by atoms with E-state index in [0.29, 0.717) is 11.9 Å². The molecule has 1 aliphatic rings. The third-order valence-corrected chi connectivity index (χ3v) is 4.43. The van der Waals surface area contributed by atoms with E-state index >= 15 is 0 Å². The van der Waals surface area contributed by atoms with E-state index in [4.69, 9.17) is 4.74 Å². The van der Waals surface area contributed by atoms with Gasteiger partial charge in [-0.15, -0.1) is 0 Å². The maximum Gasteiger partial charge on any atom is 0.117 e. The second-order valence-corrected chi connectivity index (χ2v) is 6.17. The molecule has 1 aromatic rings. The number of phenols is 1. The standard InChI is InChI=1S/C18H28O2/c1-3-4-5-6-7-8-9-13-17-18(2,20-17)15-11-10-12-16(19)14-15/h10-12,14,17,19H,3-9,13H2,1-2H3. The third-order valence-electron chi connectivity index (χ3n) is 4.43. The molecule has 2 rings (SSSR count). The van der Waals surface area contributed by atoms with Crippen LogP contribution in [0, 0.1) is 0 Å². The zero-order valence-electron chi connectivity index (χ0n) is 12.9. The Morgan fingerprint density at radius 1 is 1.10 bits per heavy atom. The lowest BCUT2D eigenvalue weighted by atomic mass is 9.94. The zero-order valence-corrected chi connectivity index (χ0v) is 12.9. The lowest BCUT2D eigenvalue weighted by Gasteiger charge is -2.07. The van der Waals surface area contributed by atoms with Crippen molar-refractivity contribution >= 4 is 0 Å². The highest BCUT2D eigenvalue weighted by Gasteiger charge is 2.52. The Morgan fingerprint density at radius 2 is 1.80 bits per heavy atom. The minimum absolute atomic E-state index is 0.166. The highest BCUT2D eigenvalue weighted by atomic mass is 16.6. The minimum atomic E-state index is -0.166. The molecule has 1 heterocycles. The SMILES string of the molecule is CCCCCCCCCC1OC1(C)c1cccc(O)c1. The molecule has 0 aromatic heterocycles. The molecular formula is C18H28O2. The molecule has 0 spiro atoms. The van der Waals surface area contributed by atoms with Gasteiger partial charge in [0.15, 0.2) is 0 Å². The van der Waals surface area contributed by atoms with Gasteiger partial charge in [-0.3, -0.25) is 0 Å². The van der Waals surface area contributed by atoms with E-state index in [0.717, 1.165) is 12.0 Å². The summed E-state index contributed by atoms with van der Waals surface area (Å²) in [7, 11) is 0. The summed E-state index contributed by atoms with van der Waals surface area (Å²) in [4.78, 5) is 0. The first kappa shape index (κ1) is 15.4. The summed E-state index contributed by atoms with van der Waals surface area (Å²) in [6.07, 6.45) is 10.9. The second kappa shape index (κ2) is 7.12. The van der Waals surface area contributed by atoms with Crippen molar-refractivity contribution in [2.75, 3.05) is 0 Å². The van der Waals surface area contributed by atoms with Gasteiger partial charge in [0.05, 0.1) is 6.10 Å². The van der Waals surface area contributed by atoms with Crippen LogP contribution in [-0.4, -0.2) is 11.2 Å². The van der Waals surface area contributed by atoms with Crippen LogP contribution in [0.5, 0.6) is 5.75 Å². The van der Waals surface area contributed by atoms with E-state index < -0.39 is 0 Å². The number of hydrogen-bond acceptors (Lipinski definition) is 2. The molecular weight excluding hydrogens is 248 g/mol. The number of hydrogen-bond donors (Lipinski definition) is 1. The van der Waals surface area contributed by atoms with Crippen LogP contribution >= 0.6 is 0 Å². The fourth-order valence-electron chi connectivity index (χ4n) is 2.95. The summed E-state index contributed by atoms with van der Waals surface area (Å²) in [6, 6.07) is 7.47. The smallest absolute Gasteiger partial charge is 0.117 e. The van der Waals surface area contributed by atoms with Crippen molar-refractivity contribution in [2.24, 2.45) is 0 Å². The van der Waals surface area contributed by atoms with Gasteiger partial charge in [0.25, 0.3) is 0 Å². The quantitative estimate of drug-likeness (QED) is 0.500. The van der Waals surface area contributed by atoms with Gasteiger partial charge in [0.2, 0.25) is 0 Å². The summed E-state index contributed by atoms with van der Waals surface area (Å²) in [5.41, 5.74) is 0.937. The summed E-state index contributed by atoms with van der Waals surface area (Å²) in [5.74, 6) is 0.328. The van der Waals surface area contributed by atoms with Crippen molar-refractivity contribution in [1.82, 2.24) is 0 Å². The summed E-state index contributed by atoms with van der Waals surface area (Å²) < 4.78 is 5.88. The first-order valence-electron chi connectivity index (χ1n) is 8.14. The maximum absolute atomic E-state index is 9.55. The molecule has 0 aliphatic carbocycles. The van der Waals surface area contributed by atoms with Crippen LogP contribution in [0.1, 0.15) is 70.8 Å². The number of epoxide rings is 1. The average Bonchev–Trinajstić information content (AvgIpc) is 3.10. The number of rotatable bonds is 9. The predicted molar refractivity (Wildman–Crippen MR) is 82.9 cm³/mol. The van der Waals surface area contributed by atoms with E-state index in [1.165, 1.54) is 44.9 Å². The van der Waals surface area contributed by atoms with Gasteiger partial charge in [-0.1, -0.05) is 64.0 Å². The Bertz CT molecular complexity index is 416. The molecule has 2 atom stereocenters. The number of unbranched alkanes of at least 4 members (excludes halogenated alkanes) is 6. The Morgan fingerprint density at radius 3 is 2.50 bits per heavy atom. The van der Waals surface area contributed by atoms with Crippen LogP contribution in [-0.2, 0) is 10.3 Å². The van der Waals surface area contributed by atoms with Gasteiger partial charge in [0, 0.05) is 0 Å². The minimum Gasteiger partial charge on any atom is -0.508 e. The fourth-order valence-corrected chi connectivity index (χ4v) is 2.95. The van der Waals surface area contributed by atoms with Gasteiger partial charge in [0.1, 0.15) is 11.4 Å². The van der Waals surface area contributed by atoms with E-state index in [2.05, 4.69) is 13.8 Å². The lowest BCUT2D eigenvalue weighted by Crippen LogP contribution is -2.07. The molecule has 1 aromatic carbocycles. The van der Waals surface area contributed by atoms with E-state index in [-0.39, 0.29) is 5.60 Å². The monoisotopic (exact) mass is 276 g/mol. The first-order valence-corrected chi connectivity index (χ1v) is 8.14. The van der Waals surface area contributed by atoms with E-state index in [9.17, 15) is 5.11 Å². The van der Waals surface area contributed by atoms with Crippen LogP contribution in [0.4, 0.5) is 0 Å². The van der Waals surface area contributed by atoms with Crippen molar-refractivity contribution in [3.8, 4) is 5.75 Å². The summed E-state index contributed by atoms with van der Waals surface area (Å²) >= 11 is 0. The highest BCUT2D eigenvalue weighted by molar-refractivity contribution is 5.34. The van der Waals surface area contributed by atoms with E-state index in [1.54, 1.807) is 6.07 Å². The Labute approximate surface area is 123 Å². The molecule has 2 heteroatoms. The molecule has 2 nitrogen and oxygen atoms in total. The molecule has 1 saturated heterocycles. The molecule has 112 valence electrons. The fraction of sp³-hybridized carbons (Fsp3) is 0.667. The topological polar surface area (TPSA) is 32.8 Å². The molecule has 2 unspecified atom stereocenters. The lowest BCUT2D eigenvalue weighted by molar-refractivity contribution is 0.306. The molecule has 0 saturated carbocycles. The Kier molecular flexibility index (Phi) is 5.47. The Hall–Kier alpha value is -1.02. The van der Waals surface area contributed by atoms with Crippen molar-refractivity contribution < 1.29 is 9.84 Å². The maximum atomic E-state index is 9.55. The number of ether oxygens (including phenoxy) is 1. The van der Waals surface area contributed by atoms with Gasteiger partial charge >= 0.3 is 0 Å². The normalized spacial score (nSPS) is 24.8. The number of phenolic OH excluding ortho intramolecular Hbond substituents is 1. The molecule has 0 amide bonds. The van der Waals surface area contributed by atoms with Gasteiger partial charge in [-0.25, -0.2) is 0 Å². The predicted octanol–water partition coefficient (Wildman–Crippen LogP) is 5.15. The third kappa shape index (κ3) is 3.99. The Balaban J connectivity index is 1.65. The van der Waals surface area contributed by atoms with Crippen molar-refractivity contribution in [1.29, 1.82) is 0 Å². The van der Waals surface area contributed by atoms with Crippen molar-refractivity contribution in [3.63, 3.8) is 0 Å². The van der Waals surface area contributed by atoms with Crippen molar-refractivity contribution in [2.45, 2.75) is 76.9 Å². The van der Waals surface area contributed by atoms with Crippen LogP contribution in [0.2, 0.25) is 0 Å². The molecule has 0 radical (unpaired) electrons. The molecule has 1 N–H and O–H groups in total. The molecule has 1 aliphatic heterocycles. The summed E-state index contributed by atoms with van der Waals surface area (Å²) in [5, 5.41) is 9.55. The largest absolute Gasteiger partial charge is 0.508 e. The van der Waals surface area contributed by atoms with Crippen molar-refractivity contribution in [3.05, 3.63) is 29.8 Å². The van der Waals surface area contributed by atoms with Crippen LogP contribution in [0.15, 0.2) is 24.3 Å². The number of aromatic hydroxyl groups is 1.